The lowest BCUT2D eigenvalue weighted by atomic mass is 10.1. The van der Waals surface area contributed by atoms with Crippen LogP contribution in [0, 0.1) is 0 Å². The zero-order valence-corrected chi connectivity index (χ0v) is 14.4. The van der Waals surface area contributed by atoms with Gasteiger partial charge in [-0.15, -0.1) is 10.2 Å². The minimum absolute atomic E-state index is 0.175. The Morgan fingerprint density at radius 2 is 2.05 bits per heavy atom. The van der Waals surface area contributed by atoms with Gasteiger partial charge in [-0.25, -0.2) is 0 Å². The van der Waals surface area contributed by atoms with E-state index in [9.17, 15) is 0 Å². The van der Waals surface area contributed by atoms with Crippen LogP contribution in [0.1, 0.15) is 32.2 Å². The second-order valence-corrected chi connectivity index (χ2v) is 7.65. The van der Waals surface area contributed by atoms with Crippen molar-refractivity contribution in [2.45, 2.75) is 39.2 Å². The summed E-state index contributed by atoms with van der Waals surface area (Å²) < 4.78 is 0.959. The molecule has 0 aliphatic heterocycles. The van der Waals surface area contributed by atoms with Crippen LogP contribution in [0.5, 0.6) is 0 Å². The van der Waals surface area contributed by atoms with Crippen LogP contribution in [-0.4, -0.2) is 27.3 Å². The molecule has 2 aromatic heterocycles. The summed E-state index contributed by atoms with van der Waals surface area (Å²) >= 11 is 5.06. The summed E-state index contributed by atoms with van der Waals surface area (Å²) in [7, 11) is 0. The minimum atomic E-state index is 0.175. The summed E-state index contributed by atoms with van der Waals surface area (Å²) in [5.74, 6) is 0. The summed E-state index contributed by atoms with van der Waals surface area (Å²) in [5.41, 5.74) is 1.19. The molecule has 0 saturated heterocycles. The molecular formula is C14H19BrN4S. The fourth-order valence-corrected chi connectivity index (χ4v) is 2.93. The lowest BCUT2D eigenvalue weighted by Gasteiger charge is -2.20. The number of hydrogen-bond donors (Lipinski definition) is 1. The molecule has 4 nitrogen and oxygen atoms in total. The van der Waals surface area contributed by atoms with Crippen LogP contribution in [0.4, 0.5) is 0 Å². The van der Waals surface area contributed by atoms with Crippen molar-refractivity contribution in [3.05, 3.63) is 27.9 Å². The molecule has 108 valence electrons. The molecule has 2 heterocycles. The van der Waals surface area contributed by atoms with Crippen LogP contribution in [0.2, 0.25) is 0 Å². The van der Waals surface area contributed by atoms with Gasteiger partial charge in [0.25, 0.3) is 0 Å². The molecule has 0 saturated carbocycles. The van der Waals surface area contributed by atoms with Gasteiger partial charge >= 0.3 is 0 Å². The van der Waals surface area contributed by atoms with Gasteiger partial charge in [0.05, 0.1) is 0 Å². The Hall–Kier alpha value is -0.850. The van der Waals surface area contributed by atoms with E-state index in [1.54, 1.807) is 17.5 Å². The SMILES string of the molecule is CC(C)(C)NCCCc1nnc(-c2cncc(Br)c2)s1. The fraction of sp³-hybridized carbons (Fsp3) is 0.500. The van der Waals surface area contributed by atoms with Gasteiger partial charge in [-0.05, 0) is 55.7 Å². The van der Waals surface area contributed by atoms with Gasteiger partial charge in [0, 0.05) is 34.4 Å². The van der Waals surface area contributed by atoms with E-state index in [0.717, 1.165) is 39.4 Å². The van der Waals surface area contributed by atoms with Crippen molar-refractivity contribution in [3.63, 3.8) is 0 Å². The Balaban J connectivity index is 1.90. The highest BCUT2D eigenvalue weighted by Gasteiger charge is 2.09. The number of halogens is 1. The first-order valence-electron chi connectivity index (χ1n) is 6.62. The Labute approximate surface area is 132 Å². The molecule has 2 rings (SSSR count). The number of rotatable bonds is 5. The maximum atomic E-state index is 4.25. The first kappa shape index (κ1) is 15.5. The molecular weight excluding hydrogens is 336 g/mol. The standard InChI is InChI=1S/C14H19BrN4S/c1-14(2,3)17-6-4-5-12-18-19-13(20-12)10-7-11(15)9-16-8-10/h7-9,17H,4-6H2,1-3H3. The Bertz CT molecular complexity index is 562. The molecule has 0 fully saturated rings. The summed E-state index contributed by atoms with van der Waals surface area (Å²) in [5, 5.41) is 14.0. The summed E-state index contributed by atoms with van der Waals surface area (Å²) in [4.78, 5) is 4.15. The van der Waals surface area contributed by atoms with Crippen molar-refractivity contribution >= 4 is 27.3 Å². The summed E-state index contributed by atoms with van der Waals surface area (Å²) in [6.07, 6.45) is 5.62. The van der Waals surface area contributed by atoms with E-state index in [-0.39, 0.29) is 5.54 Å². The first-order valence-corrected chi connectivity index (χ1v) is 8.23. The second kappa shape index (κ2) is 6.74. The smallest absolute Gasteiger partial charge is 0.149 e. The number of aromatic nitrogens is 3. The second-order valence-electron chi connectivity index (χ2n) is 5.67. The molecule has 1 N–H and O–H groups in total. The molecule has 0 spiro atoms. The van der Waals surface area contributed by atoms with Gasteiger partial charge in [-0.2, -0.15) is 0 Å². The normalized spacial score (nSPS) is 11.8. The predicted molar refractivity (Wildman–Crippen MR) is 86.9 cm³/mol. The topological polar surface area (TPSA) is 50.7 Å². The van der Waals surface area contributed by atoms with E-state index in [1.807, 2.05) is 12.3 Å². The highest BCUT2D eigenvalue weighted by atomic mass is 79.9. The number of nitrogens with one attached hydrogen (secondary N) is 1. The number of nitrogens with zero attached hydrogens (tertiary/aromatic N) is 3. The van der Waals surface area contributed by atoms with Crippen LogP contribution in [0.15, 0.2) is 22.9 Å². The van der Waals surface area contributed by atoms with Crippen LogP contribution >= 0.6 is 27.3 Å². The predicted octanol–water partition coefficient (Wildman–Crippen LogP) is 3.68. The maximum absolute atomic E-state index is 4.25. The lowest BCUT2D eigenvalue weighted by molar-refractivity contribution is 0.422. The molecule has 20 heavy (non-hydrogen) atoms. The molecule has 6 heteroatoms. The van der Waals surface area contributed by atoms with Crippen LogP contribution < -0.4 is 5.32 Å². The quantitative estimate of drug-likeness (QED) is 0.832. The van der Waals surface area contributed by atoms with Gasteiger partial charge in [-0.3, -0.25) is 4.98 Å². The fourth-order valence-electron chi connectivity index (χ4n) is 1.70. The molecule has 0 unspecified atom stereocenters. The van der Waals surface area contributed by atoms with Crippen molar-refractivity contribution in [2.75, 3.05) is 6.54 Å². The Kier molecular flexibility index (Phi) is 5.23. The summed E-state index contributed by atoms with van der Waals surface area (Å²) in [6, 6.07) is 2.01. The van der Waals surface area contributed by atoms with E-state index in [0.29, 0.717) is 0 Å². The van der Waals surface area contributed by atoms with Gasteiger partial charge in [0.2, 0.25) is 0 Å². The molecule has 0 bridgehead atoms. The van der Waals surface area contributed by atoms with E-state index < -0.39 is 0 Å². The zero-order valence-electron chi connectivity index (χ0n) is 12.0. The first-order chi connectivity index (χ1) is 9.44. The largest absolute Gasteiger partial charge is 0.312 e. The Morgan fingerprint density at radius 3 is 2.75 bits per heavy atom. The van der Waals surface area contributed by atoms with Crippen LogP contribution in [0.3, 0.4) is 0 Å². The maximum Gasteiger partial charge on any atom is 0.149 e. The van der Waals surface area contributed by atoms with E-state index in [4.69, 9.17) is 0 Å². The molecule has 0 amide bonds. The minimum Gasteiger partial charge on any atom is -0.312 e. The van der Waals surface area contributed by atoms with Gasteiger partial charge in [0.1, 0.15) is 10.0 Å². The van der Waals surface area contributed by atoms with Crippen LogP contribution in [0.25, 0.3) is 10.6 Å². The van der Waals surface area contributed by atoms with E-state index in [1.165, 1.54) is 0 Å². The van der Waals surface area contributed by atoms with Crippen molar-refractivity contribution in [1.82, 2.24) is 20.5 Å². The third-order valence-corrected chi connectivity index (χ3v) is 4.11. The van der Waals surface area contributed by atoms with Gasteiger partial charge in [-0.1, -0.05) is 11.3 Å². The molecule has 0 aliphatic carbocycles. The third-order valence-electron chi connectivity index (χ3n) is 2.64. The van der Waals surface area contributed by atoms with E-state index in [2.05, 4.69) is 57.2 Å². The lowest BCUT2D eigenvalue weighted by Crippen LogP contribution is -2.36. The van der Waals surface area contributed by atoms with Crippen molar-refractivity contribution in [1.29, 1.82) is 0 Å². The summed E-state index contributed by atoms with van der Waals surface area (Å²) in [6.45, 7) is 7.53. The monoisotopic (exact) mass is 354 g/mol. The average Bonchev–Trinajstić information content (AvgIpc) is 2.82. The molecule has 0 aliphatic rings. The van der Waals surface area contributed by atoms with Crippen molar-refractivity contribution in [2.24, 2.45) is 0 Å². The van der Waals surface area contributed by atoms with Gasteiger partial charge < -0.3 is 5.32 Å². The molecule has 0 aromatic carbocycles. The average molecular weight is 355 g/mol. The molecule has 0 radical (unpaired) electrons. The highest BCUT2D eigenvalue weighted by Crippen LogP contribution is 2.25. The Morgan fingerprint density at radius 1 is 1.25 bits per heavy atom. The van der Waals surface area contributed by atoms with Crippen LogP contribution in [-0.2, 0) is 6.42 Å². The number of pyridine rings is 1. The molecule has 0 atom stereocenters. The van der Waals surface area contributed by atoms with E-state index >= 15 is 0 Å². The zero-order chi connectivity index (χ0) is 14.6. The third kappa shape index (κ3) is 4.92. The van der Waals surface area contributed by atoms with Crippen molar-refractivity contribution < 1.29 is 0 Å². The highest BCUT2D eigenvalue weighted by molar-refractivity contribution is 9.10. The molecule has 2 aromatic rings. The number of hydrogen-bond acceptors (Lipinski definition) is 5. The van der Waals surface area contributed by atoms with Gasteiger partial charge in [0.15, 0.2) is 0 Å². The number of aryl methyl sites for hydroxylation is 1. The van der Waals surface area contributed by atoms with Crippen molar-refractivity contribution in [3.8, 4) is 10.6 Å².